The highest BCUT2D eigenvalue weighted by Gasteiger charge is 2.07. The highest BCUT2D eigenvalue weighted by Crippen LogP contribution is 2.28. The molecule has 17 heavy (non-hydrogen) atoms. The summed E-state index contributed by atoms with van der Waals surface area (Å²) in [5, 5.41) is 4.46. The zero-order valence-corrected chi connectivity index (χ0v) is 11.2. The average molecular weight is 246 g/mol. The lowest BCUT2D eigenvalue weighted by molar-refractivity contribution is 0.734. The quantitative estimate of drug-likeness (QED) is 0.873. The third-order valence-electron chi connectivity index (χ3n) is 2.73. The van der Waals surface area contributed by atoms with E-state index in [9.17, 15) is 0 Å². The molecule has 0 saturated carbocycles. The lowest BCUT2D eigenvalue weighted by Crippen LogP contribution is -2.10. The van der Waals surface area contributed by atoms with Gasteiger partial charge in [0.25, 0.3) is 0 Å². The summed E-state index contributed by atoms with van der Waals surface area (Å²) < 4.78 is 0. The summed E-state index contributed by atoms with van der Waals surface area (Å²) in [7, 11) is 0. The molecule has 3 heteroatoms. The van der Waals surface area contributed by atoms with Crippen LogP contribution in [0.4, 0.5) is 0 Å². The van der Waals surface area contributed by atoms with Gasteiger partial charge in [-0.1, -0.05) is 38.1 Å². The summed E-state index contributed by atoms with van der Waals surface area (Å²) >= 11 is 1.78. The fourth-order valence-electron chi connectivity index (χ4n) is 1.80. The Balaban J connectivity index is 2.24. The van der Waals surface area contributed by atoms with Gasteiger partial charge in [-0.15, -0.1) is 11.3 Å². The first kappa shape index (κ1) is 12.3. The summed E-state index contributed by atoms with van der Waals surface area (Å²) in [6, 6.07) is 8.52. The molecule has 0 aliphatic heterocycles. The van der Waals surface area contributed by atoms with Crippen molar-refractivity contribution in [2.24, 2.45) is 0 Å². The van der Waals surface area contributed by atoms with Crippen LogP contribution >= 0.6 is 11.3 Å². The monoisotopic (exact) mass is 246 g/mol. The van der Waals surface area contributed by atoms with E-state index >= 15 is 0 Å². The second-order valence-electron chi connectivity index (χ2n) is 3.92. The normalized spacial score (nSPS) is 10.7. The molecule has 0 unspecified atom stereocenters. The van der Waals surface area contributed by atoms with Crippen molar-refractivity contribution in [3.05, 3.63) is 40.9 Å². The molecule has 2 nitrogen and oxygen atoms in total. The summed E-state index contributed by atoms with van der Waals surface area (Å²) in [5.74, 6) is 0. The topological polar surface area (TPSA) is 24.9 Å². The van der Waals surface area contributed by atoms with Gasteiger partial charge in [0.15, 0.2) is 0 Å². The van der Waals surface area contributed by atoms with Crippen LogP contribution in [0.25, 0.3) is 10.6 Å². The van der Waals surface area contributed by atoms with E-state index in [1.165, 1.54) is 16.0 Å². The summed E-state index contributed by atoms with van der Waals surface area (Å²) in [6.45, 7) is 6.22. The largest absolute Gasteiger partial charge is 0.312 e. The van der Waals surface area contributed by atoms with Crippen LogP contribution < -0.4 is 5.32 Å². The van der Waals surface area contributed by atoms with E-state index in [-0.39, 0.29) is 0 Å². The van der Waals surface area contributed by atoms with E-state index < -0.39 is 0 Å². The fourth-order valence-corrected chi connectivity index (χ4v) is 2.74. The van der Waals surface area contributed by atoms with Gasteiger partial charge in [-0.2, -0.15) is 0 Å². The van der Waals surface area contributed by atoms with Crippen molar-refractivity contribution < 1.29 is 0 Å². The Morgan fingerprint density at radius 2 is 2.06 bits per heavy atom. The molecule has 1 heterocycles. The van der Waals surface area contributed by atoms with Crippen molar-refractivity contribution in [1.82, 2.24) is 10.3 Å². The van der Waals surface area contributed by atoms with Gasteiger partial charge in [-0.3, -0.25) is 0 Å². The molecule has 0 amide bonds. The maximum atomic E-state index is 4.53. The van der Waals surface area contributed by atoms with Crippen LogP contribution in [-0.4, -0.2) is 11.5 Å². The minimum Gasteiger partial charge on any atom is -0.312 e. The molecular weight excluding hydrogens is 228 g/mol. The molecule has 90 valence electrons. The van der Waals surface area contributed by atoms with Crippen LogP contribution in [-0.2, 0) is 13.0 Å². The smallest absolute Gasteiger partial charge is 0.123 e. The standard InChI is InChI=1S/C14H18N2S/c1-3-11-7-5-6-8-13(11)14-16-10-12(17-14)9-15-4-2/h5-8,10,15H,3-4,9H2,1-2H3. The lowest BCUT2D eigenvalue weighted by atomic mass is 10.1. The van der Waals surface area contributed by atoms with E-state index in [1.54, 1.807) is 11.3 Å². The first-order valence-electron chi connectivity index (χ1n) is 6.08. The minimum absolute atomic E-state index is 0.919. The number of nitrogens with one attached hydrogen (secondary N) is 1. The fraction of sp³-hybridized carbons (Fsp3) is 0.357. The first-order valence-corrected chi connectivity index (χ1v) is 6.90. The first-order chi connectivity index (χ1) is 8.35. The Kier molecular flexibility index (Phi) is 4.29. The van der Waals surface area contributed by atoms with Gasteiger partial charge < -0.3 is 5.32 Å². The molecule has 0 saturated heterocycles. The van der Waals surface area contributed by atoms with Gasteiger partial charge in [0, 0.05) is 23.2 Å². The van der Waals surface area contributed by atoms with Crippen LogP contribution in [0.15, 0.2) is 30.5 Å². The predicted molar refractivity (Wildman–Crippen MR) is 74.3 cm³/mol. The Morgan fingerprint density at radius 1 is 1.24 bits per heavy atom. The average Bonchev–Trinajstić information content (AvgIpc) is 2.85. The highest BCUT2D eigenvalue weighted by molar-refractivity contribution is 7.15. The summed E-state index contributed by atoms with van der Waals surface area (Å²) in [5.41, 5.74) is 2.65. The van der Waals surface area contributed by atoms with Gasteiger partial charge in [0.2, 0.25) is 0 Å². The Morgan fingerprint density at radius 3 is 2.82 bits per heavy atom. The van der Waals surface area contributed by atoms with E-state index in [4.69, 9.17) is 0 Å². The van der Waals surface area contributed by atoms with Crippen molar-refractivity contribution in [2.45, 2.75) is 26.8 Å². The number of aryl methyl sites for hydroxylation is 1. The number of nitrogens with zero attached hydrogens (tertiary/aromatic N) is 1. The van der Waals surface area contributed by atoms with Crippen molar-refractivity contribution in [1.29, 1.82) is 0 Å². The Labute approximate surface area is 107 Å². The number of thiazole rings is 1. The molecule has 0 aliphatic carbocycles. The molecule has 2 rings (SSSR count). The lowest BCUT2D eigenvalue weighted by Gasteiger charge is -2.03. The van der Waals surface area contributed by atoms with Gasteiger partial charge in [0.05, 0.1) is 0 Å². The van der Waals surface area contributed by atoms with Crippen LogP contribution in [0.5, 0.6) is 0 Å². The number of hydrogen-bond acceptors (Lipinski definition) is 3. The molecule has 0 atom stereocenters. The van der Waals surface area contributed by atoms with Gasteiger partial charge in [0.1, 0.15) is 5.01 Å². The Hall–Kier alpha value is -1.19. The molecule has 0 aliphatic rings. The number of aromatic nitrogens is 1. The van der Waals surface area contributed by atoms with Crippen LogP contribution in [0.3, 0.4) is 0 Å². The van der Waals surface area contributed by atoms with Crippen LogP contribution in [0.2, 0.25) is 0 Å². The second kappa shape index (κ2) is 5.94. The van der Waals surface area contributed by atoms with Crippen LogP contribution in [0, 0.1) is 0 Å². The minimum atomic E-state index is 0.919. The van der Waals surface area contributed by atoms with Gasteiger partial charge in [-0.25, -0.2) is 4.98 Å². The molecular formula is C14H18N2S. The molecule has 0 bridgehead atoms. The number of hydrogen-bond donors (Lipinski definition) is 1. The van der Waals surface area contributed by atoms with E-state index in [0.717, 1.165) is 24.5 Å². The van der Waals surface area contributed by atoms with E-state index in [1.807, 2.05) is 6.20 Å². The van der Waals surface area contributed by atoms with Crippen molar-refractivity contribution in [3.63, 3.8) is 0 Å². The third kappa shape index (κ3) is 2.93. The van der Waals surface area contributed by atoms with Crippen molar-refractivity contribution >= 4 is 11.3 Å². The molecule has 1 aromatic carbocycles. The highest BCUT2D eigenvalue weighted by atomic mass is 32.1. The molecule has 2 aromatic rings. The zero-order valence-electron chi connectivity index (χ0n) is 10.4. The summed E-state index contributed by atoms with van der Waals surface area (Å²) in [6.07, 6.45) is 3.04. The molecule has 0 radical (unpaired) electrons. The number of rotatable bonds is 5. The maximum absolute atomic E-state index is 4.53. The molecule has 0 spiro atoms. The van der Waals surface area contributed by atoms with Crippen molar-refractivity contribution in [2.75, 3.05) is 6.54 Å². The summed E-state index contributed by atoms with van der Waals surface area (Å²) in [4.78, 5) is 5.83. The van der Waals surface area contributed by atoms with Crippen molar-refractivity contribution in [3.8, 4) is 10.6 Å². The number of benzene rings is 1. The SMILES string of the molecule is CCNCc1cnc(-c2ccccc2CC)s1. The molecule has 1 N–H and O–H groups in total. The van der Waals surface area contributed by atoms with Gasteiger partial charge in [-0.05, 0) is 18.5 Å². The van der Waals surface area contributed by atoms with E-state index in [0.29, 0.717) is 0 Å². The molecule has 1 aromatic heterocycles. The van der Waals surface area contributed by atoms with Crippen LogP contribution in [0.1, 0.15) is 24.3 Å². The zero-order chi connectivity index (χ0) is 12.1. The Bertz CT molecular complexity index is 477. The van der Waals surface area contributed by atoms with E-state index in [2.05, 4.69) is 48.4 Å². The molecule has 0 fully saturated rings. The van der Waals surface area contributed by atoms with Gasteiger partial charge >= 0.3 is 0 Å². The maximum Gasteiger partial charge on any atom is 0.123 e. The third-order valence-corrected chi connectivity index (χ3v) is 3.76. The second-order valence-corrected chi connectivity index (χ2v) is 5.04. The predicted octanol–water partition coefficient (Wildman–Crippen LogP) is 3.48.